The van der Waals surface area contributed by atoms with Gasteiger partial charge < -0.3 is 15.7 Å². The van der Waals surface area contributed by atoms with Gasteiger partial charge in [-0.3, -0.25) is 4.79 Å². The van der Waals surface area contributed by atoms with Gasteiger partial charge >= 0.3 is 6.18 Å². The number of nitrogens with zero attached hydrogens (tertiary/aromatic N) is 2. The van der Waals surface area contributed by atoms with Crippen LogP contribution >= 0.6 is 15.9 Å². The summed E-state index contributed by atoms with van der Waals surface area (Å²) in [6, 6.07) is 10.3. The first-order valence-electron chi connectivity index (χ1n) is 8.99. The van der Waals surface area contributed by atoms with E-state index in [2.05, 4.69) is 31.7 Å². The smallest absolute Gasteiger partial charge is 0.410 e. The molecule has 1 amide bonds. The van der Waals surface area contributed by atoms with Gasteiger partial charge in [-0.25, -0.2) is 4.68 Å². The summed E-state index contributed by atoms with van der Waals surface area (Å²) in [5.41, 5.74) is 0.959. The van der Waals surface area contributed by atoms with Gasteiger partial charge in [-0.1, -0.05) is 34.1 Å². The standard InChI is InChI=1S/C20H16BrF3N4O2/c21-12-6-4-11(5-7-12)16-9-17(20(22,23)24)28-18(27-16)15(10-25-28)19(30)26-13-2-1-3-14(29)8-13/h1-8,10,16-17,27,29H,9H2,(H,26,30)/t16-,17+/m0/s1. The highest BCUT2D eigenvalue weighted by Gasteiger charge is 2.47. The molecule has 1 aliphatic heterocycles. The van der Waals surface area contributed by atoms with Crippen molar-refractivity contribution in [1.29, 1.82) is 0 Å². The number of amides is 1. The van der Waals surface area contributed by atoms with Crippen molar-refractivity contribution in [3.05, 3.63) is 70.3 Å². The first kappa shape index (κ1) is 20.3. The third kappa shape index (κ3) is 4.00. The fraction of sp³-hybridized carbons (Fsp3) is 0.200. The van der Waals surface area contributed by atoms with E-state index >= 15 is 0 Å². The number of nitrogens with one attached hydrogen (secondary N) is 2. The first-order valence-corrected chi connectivity index (χ1v) is 9.78. The summed E-state index contributed by atoms with van der Waals surface area (Å²) in [6.45, 7) is 0. The van der Waals surface area contributed by atoms with Crippen molar-refractivity contribution >= 4 is 33.3 Å². The molecule has 3 aromatic rings. The van der Waals surface area contributed by atoms with Crippen LogP contribution in [0.1, 0.15) is 34.4 Å². The Balaban J connectivity index is 1.69. The number of phenolic OH excluding ortho intramolecular Hbond substituents is 1. The van der Waals surface area contributed by atoms with E-state index in [0.717, 1.165) is 15.4 Å². The fourth-order valence-corrected chi connectivity index (χ4v) is 3.69. The van der Waals surface area contributed by atoms with Crippen LogP contribution in [0.15, 0.2) is 59.2 Å². The molecular weight excluding hydrogens is 465 g/mol. The Morgan fingerprint density at radius 2 is 1.97 bits per heavy atom. The number of hydrogen-bond acceptors (Lipinski definition) is 4. The van der Waals surface area contributed by atoms with E-state index in [0.29, 0.717) is 11.3 Å². The fourth-order valence-electron chi connectivity index (χ4n) is 3.42. The number of fused-ring (bicyclic) bond motifs is 1. The quantitative estimate of drug-likeness (QED) is 0.477. The van der Waals surface area contributed by atoms with Crippen LogP contribution in [0.4, 0.5) is 24.7 Å². The lowest BCUT2D eigenvalue weighted by Crippen LogP contribution is -2.36. The molecule has 0 aliphatic carbocycles. The summed E-state index contributed by atoms with van der Waals surface area (Å²) in [5, 5.41) is 19.0. The number of anilines is 2. The van der Waals surface area contributed by atoms with Crippen molar-refractivity contribution in [2.45, 2.75) is 24.7 Å². The minimum atomic E-state index is -4.53. The average Bonchev–Trinajstić information content (AvgIpc) is 3.11. The molecule has 2 atom stereocenters. The number of hydrogen-bond donors (Lipinski definition) is 3. The minimum Gasteiger partial charge on any atom is -0.508 e. The molecule has 30 heavy (non-hydrogen) atoms. The van der Waals surface area contributed by atoms with E-state index in [4.69, 9.17) is 0 Å². The van der Waals surface area contributed by atoms with Crippen molar-refractivity contribution in [1.82, 2.24) is 9.78 Å². The van der Waals surface area contributed by atoms with Crippen molar-refractivity contribution < 1.29 is 23.1 Å². The Kier molecular flexibility index (Phi) is 5.19. The minimum absolute atomic E-state index is 0.00542. The Bertz CT molecular complexity index is 1080. The van der Waals surface area contributed by atoms with E-state index in [-0.39, 0.29) is 23.6 Å². The van der Waals surface area contributed by atoms with Gasteiger partial charge in [0.25, 0.3) is 5.91 Å². The van der Waals surface area contributed by atoms with Crippen LogP contribution < -0.4 is 10.6 Å². The van der Waals surface area contributed by atoms with Gasteiger partial charge in [-0.15, -0.1) is 0 Å². The van der Waals surface area contributed by atoms with Crippen LogP contribution in [-0.2, 0) is 0 Å². The Morgan fingerprint density at radius 1 is 1.23 bits per heavy atom. The molecule has 0 radical (unpaired) electrons. The second-order valence-electron chi connectivity index (χ2n) is 6.90. The zero-order chi connectivity index (χ0) is 21.5. The van der Waals surface area contributed by atoms with Crippen LogP contribution in [0, 0.1) is 0 Å². The number of rotatable bonds is 3. The van der Waals surface area contributed by atoms with Gasteiger partial charge in [0.1, 0.15) is 17.1 Å². The molecule has 3 N–H and O–H groups in total. The third-order valence-electron chi connectivity index (χ3n) is 4.86. The number of phenols is 1. The summed E-state index contributed by atoms with van der Waals surface area (Å²) in [7, 11) is 0. The monoisotopic (exact) mass is 480 g/mol. The lowest BCUT2D eigenvalue weighted by molar-refractivity contribution is -0.173. The van der Waals surface area contributed by atoms with Crippen LogP contribution in [0.5, 0.6) is 5.75 Å². The molecule has 2 aromatic carbocycles. The molecule has 1 aromatic heterocycles. The molecule has 0 spiro atoms. The van der Waals surface area contributed by atoms with Gasteiger partial charge in [0.15, 0.2) is 6.04 Å². The molecule has 10 heteroatoms. The molecule has 0 saturated heterocycles. The van der Waals surface area contributed by atoms with Gasteiger partial charge in [0.05, 0.1) is 12.2 Å². The Morgan fingerprint density at radius 3 is 2.63 bits per heavy atom. The SMILES string of the molecule is O=C(Nc1cccc(O)c1)c1cnn2c1N[C@H](c1ccc(Br)cc1)C[C@@H]2C(F)(F)F. The van der Waals surface area contributed by atoms with Gasteiger partial charge in [0.2, 0.25) is 0 Å². The topological polar surface area (TPSA) is 79.2 Å². The predicted molar refractivity (Wildman–Crippen MR) is 109 cm³/mol. The van der Waals surface area contributed by atoms with Gasteiger partial charge in [-0.05, 0) is 29.8 Å². The third-order valence-corrected chi connectivity index (χ3v) is 5.39. The van der Waals surface area contributed by atoms with Crippen LogP contribution in [-0.4, -0.2) is 27.0 Å². The Hall–Kier alpha value is -3.01. The van der Waals surface area contributed by atoms with Crippen molar-refractivity contribution in [3.63, 3.8) is 0 Å². The first-order chi connectivity index (χ1) is 14.2. The molecule has 6 nitrogen and oxygen atoms in total. The molecule has 0 unspecified atom stereocenters. The Labute approximate surface area is 177 Å². The predicted octanol–water partition coefficient (Wildman–Crippen LogP) is 5.26. The molecule has 2 heterocycles. The summed E-state index contributed by atoms with van der Waals surface area (Å²) < 4.78 is 42.9. The second kappa shape index (κ2) is 7.67. The summed E-state index contributed by atoms with van der Waals surface area (Å²) >= 11 is 3.31. The zero-order valence-corrected chi connectivity index (χ0v) is 16.9. The molecule has 4 rings (SSSR count). The number of alkyl halides is 3. The maximum absolute atomic E-state index is 13.8. The summed E-state index contributed by atoms with van der Waals surface area (Å²) in [4.78, 5) is 12.7. The van der Waals surface area contributed by atoms with Crippen molar-refractivity contribution in [3.8, 4) is 5.75 Å². The van der Waals surface area contributed by atoms with Crippen LogP contribution in [0.3, 0.4) is 0 Å². The number of aromatic hydroxyl groups is 1. The van der Waals surface area contributed by atoms with E-state index < -0.39 is 24.2 Å². The number of aromatic nitrogens is 2. The maximum Gasteiger partial charge on any atom is 0.410 e. The number of benzene rings is 2. The van der Waals surface area contributed by atoms with Crippen molar-refractivity contribution in [2.24, 2.45) is 0 Å². The molecular formula is C20H16BrF3N4O2. The summed E-state index contributed by atoms with van der Waals surface area (Å²) in [5.74, 6) is -0.684. The molecule has 1 aliphatic rings. The second-order valence-corrected chi connectivity index (χ2v) is 7.81. The number of carbonyl (C=O) groups excluding carboxylic acids is 1. The van der Waals surface area contributed by atoms with Gasteiger partial charge in [-0.2, -0.15) is 18.3 Å². The number of halogens is 4. The zero-order valence-electron chi connectivity index (χ0n) is 15.3. The average molecular weight is 481 g/mol. The molecule has 156 valence electrons. The van der Waals surface area contributed by atoms with Crippen LogP contribution in [0.25, 0.3) is 0 Å². The number of carbonyl (C=O) groups is 1. The van der Waals surface area contributed by atoms with E-state index in [1.807, 2.05) is 0 Å². The maximum atomic E-state index is 13.8. The largest absolute Gasteiger partial charge is 0.508 e. The normalized spacial score (nSPS) is 18.4. The highest BCUT2D eigenvalue weighted by molar-refractivity contribution is 9.10. The lowest BCUT2D eigenvalue weighted by atomic mass is 9.96. The van der Waals surface area contributed by atoms with Crippen LogP contribution in [0.2, 0.25) is 0 Å². The highest BCUT2D eigenvalue weighted by atomic mass is 79.9. The molecule has 0 fully saturated rings. The molecule has 0 saturated carbocycles. The van der Waals surface area contributed by atoms with E-state index in [1.165, 1.54) is 12.1 Å². The lowest BCUT2D eigenvalue weighted by Gasteiger charge is -2.34. The van der Waals surface area contributed by atoms with Crippen molar-refractivity contribution in [2.75, 3.05) is 10.6 Å². The molecule has 0 bridgehead atoms. The highest BCUT2D eigenvalue weighted by Crippen LogP contribution is 2.44. The summed E-state index contributed by atoms with van der Waals surface area (Å²) in [6.07, 6.45) is -3.67. The van der Waals surface area contributed by atoms with Gasteiger partial charge in [0, 0.05) is 22.6 Å². The van der Waals surface area contributed by atoms with E-state index in [9.17, 15) is 23.1 Å². The van der Waals surface area contributed by atoms with E-state index in [1.54, 1.807) is 36.4 Å².